The molecule has 0 saturated heterocycles. The number of aromatic nitrogens is 3. The van der Waals surface area contributed by atoms with Crippen LogP contribution in [0.2, 0.25) is 0 Å². The summed E-state index contributed by atoms with van der Waals surface area (Å²) in [5.74, 6) is 1.26. The minimum Gasteiger partial charge on any atom is -0.476 e. The fraction of sp³-hybridized carbons (Fsp3) is 0.400. The van der Waals surface area contributed by atoms with Gasteiger partial charge >= 0.3 is 0 Å². The van der Waals surface area contributed by atoms with Crippen molar-refractivity contribution in [2.24, 2.45) is 0 Å². The topological polar surface area (TPSA) is 63.2 Å². The summed E-state index contributed by atoms with van der Waals surface area (Å²) in [4.78, 5) is 14.7. The van der Waals surface area contributed by atoms with Crippen molar-refractivity contribution in [1.82, 2.24) is 19.9 Å². The van der Waals surface area contributed by atoms with Crippen LogP contribution in [0.25, 0.3) is 0 Å². The average Bonchev–Trinajstić information content (AvgIpc) is 2.47. The Morgan fingerprint density at radius 1 is 1.19 bits per heavy atom. The minimum absolute atomic E-state index is 0.618. The molecule has 0 aliphatic rings. The van der Waals surface area contributed by atoms with Crippen molar-refractivity contribution >= 4 is 5.95 Å². The SMILES string of the molecule is Cc1cnc(NCc2ccnc(OCCN(C)C)c2)nc1. The second kappa shape index (κ2) is 7.54. The number of pyridine rings is 1. The molecule has 2 rings (SSSR count). The van der Waals surface area contributed by atoms with Crippen molar-refractivity contribution in [2.75, 3.05) is 32.6 Å². The van der Waals surface area contributed by atoms with Crippen LogP contribution in [-0.4, -0.2) is 47.1 Å². The van der Waals surface area contributed by atoms with E-state index in [0.29, 0.717) is 25.0 Å². The Bertz CT molecular complexity index is 556. The lowest BCUT2D eigenvalue weighted by molar-refractivity contribution is 0.253. The molecule has 0 atom stereocenters. The van der Waals surface area contributed by atoms with E-state index in [2.05, 4.69) is 25.2 Å². The second-order valence-electron chi connectivity index (χ2n) is 5.09. The number of ether oxygens (including phenoxy) is 1. The molecule has 0 aliphatic carbocycles. The van der Waals surface area contributed by atoms with Crippen LogP contribution in [0.3, 0.4) is 0 Å². The van der Waals surface area contributed by atoms with Gasteiger partial charge < -0.3 is 15.0 Å². The van der Waals surface area contributed by atoms with Gasteiger partial charge in [-0.05, 0) is 38.2 Å². The third-order valence-electron chi connectivity index (χ3n) is 2.82. The third kappa shape index (κ3) is 5.35. The summed E-state index contributed by atoms with van der Waals surface area (Å²) >= 11 is 0. The average molecular weight is 287 g/mol. The molecule has 2 heterocycles. The maximum atomic E-state index is 5.61. The lowest BCUT2D eigenvalue weighted by Gasteiger charge is -2.11. The molecule has 2 aromatic heterocycles. The van der Waals surface area contributed by atoms with Gasteiger partial charge in [-0.2, -0.15) is 0 Å². The molecule has 0 bridgehead atoms. The van der Waals surface area contributed by atoms with Crippen LogP contribution in [0.5, 0.6) is 5.88 Å². The highest BCUT2D eigenvalue weighted by Crippen LogP contribution is 2.10. The number of hydrogen-bond donors (Lipinski definition) is 1. The smallest absolute Gasteiger partial charge is 0.222 e. The van der Waals surface area contributed by atoms with Gasteiger partial charge in [0, 0.05) is 37.7 Å². The standard InChI is InChI=1S/C15H21N5O/c1-12-9-17-15(18-10-12)19-11-13-4-5-16-14(8-13)21-7-6-20(2)3/h4-5,8-10H,6-7,11H2,1-3H3,(H,17,18,19). The summed E-state index contributed by atoms with van der Waals surface area (Å²) < 4.78 is 5.61. The van der Waals surface area contributed by atoms with E-state index in [1.165, 1.54) is 0 Å². The van der Waals surface area contributed by atoms with Crippen molar-refractivity contribution in [3.8, 4) is 5.88 Å². The zero-order valence-electron chi connectivity index (χ0n) is 12.7. The highest BCUT2D eigenvalue weighted by atomic mass is 16.5. The molecule has 0 spiro atoms. The van der Waals surface area contributed by atoms with Crippen LogP contribution in [0.1, 0.15) is 11.1 Å². The minimum atomic E-state index is 0.618. The molecule has 0 aromatic carbocycles. The van der Waals surface area contributed by atoms with Crippen LogP contribution in [0, 0.1) is 6.92 Å². The monoisotopic (exact) mass is 287 g/mol. The lowest BCUT2D eigenvalue weighted by Crippen LogP contribution is -2.19. The van der Waals surface area contributed by atoms with Crippen molar-refractivity contribution < 1.29 is 4.74 Å². The van der Waals surface area contributed by atoms with Crippen LogP contribution in [0.4, 0.5) is 5.95 Å². The Labute approximate surface area is 125 Å². The van der Waals surface area contributed by atoms with E-state index in [1.807, 2.05) is 33.2 Å². The molecule has 6 nitrogen and oxygen atoms in total. The van der Waals surface area contributed by atoms with E-state index in [1.54, 1.807) is 18.6 Å². The predicted molar refractivity (Wildman–Crippen MR) is 82.4 cm³/mol. The van der Waals surface area contributed by atoms with Crippen LogP contribution in [-0.2, 0) is 6.54 Å². The Kier molecular flexibility index (Phi) is 5.45. The molecule has 0 unspecified atom stereocenters. The van der Waals surface area contributed by atoms with Crippen LogP contribution < -0.4 is 10.1 Å². The number of likely N-dealkylation sites (N-methyl/N-ethyl adjacent to an activating group) is 1. The van der Waals surface area contributed by atoms with Gasteiger partial charge in [-0.15, -0.1) is 0 Å². The molecule has 6 heteroatoms. The van der Waals surface area contributed by atoms with Crippen LogP contribution >= 0.6 is 0 Å². The predicted octanol–water partition coefficient (Wildman–Crippen LogP) is 1.73. The number of anilines is 1. The maximum absolute atomic E-state index is 5.61. The second-order valence-corrected chi connectivity index (χ2v) is 5.09. The van der Waals surface area contributed by atoms with Gasteiger partial charge in [0.15, 0.2) is 0 Å². The fourth-order valence-corrected chi connectivity index (χ4v) is 1.64. The van der Waals surface area contributed by atoms with E-state index in [9.17, 15) is 0 Å². The highest BCUT2D eigenvalue weighted by Gasteiger charge is 2.01. The van der Waals surface area contributed by atoms with E-state index in [0.717, 1.165) is 17.7 Å². The first-order chi connectivity index (χ1) is 10.1. The molecular weight excluding hydrogens is 266 g/mol. The maximum Gasteiger partial charge on any atom is 0.222 e. The zero-order valence-corrected chi connectivity index (χ0v) is 12.7. The summed E-state index contributed by atoms with van der Waals surface area (Å²) in [5, 5.41) is 3.18. The van der Waals surface area contributed by atoms with Crippen molar-refractivity contribution in [3.63, 3.8) is 0 Å². The summed E-state index contributed by atoms with van der Waals surface area (Å²) in [5.41, 5.74) is 2.12. The Balaban J connectivity index is 1.87. The fourth-order valence-electron chi connectivity index (χ4n) is 1.64. The number of rotatable bonds is 7. The van der Waals surface area contributed by atoms with Crippen molar-refractivity contribution in [1.29, 1.82) is 0 Å². The van der Waals surface area contributed by atoms with Gasteiger partial charge in [0.05, 0.1) is 0 Å². The summed E-state index contributed by atoms with van der Waals surface area (Å²) in [6.07, 6.45) is 5.33. The molecule has 0 amide bonds. The molecule has 0 radical (unpaired) electrons. The first-order valence-corrected chi connectivity index (χ1v) is 6.88. The molecule has 21 heavy (non-hydrogen) atoms. The first kappa shape index (κ1) is 15.2. The number of aryl methyl sites for hydroxylation is 1. The first-order valence-electron chi connectivity index (χ1n) is 6.88. The number of nitrogens with one attached hydrogen (secondary N) is 1. The van der Waals surface area contributed by atoms with E-state index in [-0.39, 0.29) is 0 Å². The normalized spacial score (nSPS) is 10.7. The largest absolute Gasteiger partial charge is 0.476 e. The van der Waals surface area contributed by atoms with Gasteiger partial charge in [-0.25, -0.2) is 15.0 Å². The summed E-state index contributed by atoms with van der Waals surface area (Å²) in [6.45, 7) is 4.08. The third-order valence-corrected chi connectivity index (χ3v) is 2.82. The molecule has 0 saturated carbocycles. The molecule has 0 fully saturated rings. The molecule has 1 N–H and O–H groups in total. The number of hydrogen-bond acceptors (Lipinski definition) is 6. The van der Waals surface area contributed by atoms with Gasteiger partial charge in [0.25, 0.3) is 0 Å². The summed E-state index contributed by atoms with van der Waals surface area (Å²) in [7, 11) is 4.03. The van der Waals surface area contributed by atoms with E-state index in [4.69, 9.17) is 4.74 Å². The highest BCUT2D eigenvalue weighted by molar-refractivity contribution is 5.29. The Hall–Kier alpha value is -2.21. The van der Waals surface area contributed by atoms with Gasteiger partial charge in [0.1, 0.15) is 6.61 Å². The molecular formula is C15H21N5O. The van der Waals surface area contributed by atoms with Gasteiger partial charge in [-0.1, -0.05) is 0 Å². The molecule has 0 aliphatic heterocycles. The zero-order chi connectivity index (χ0) is 15.1. The molecule has 2 aromatic rings. The van der Waals surface area contributed by atoms with Crippen molar-refractivity contribution in [3.05, 3.63) is 41.9 Å². The molecule has 112 valence electrons. The number of nitrogens with zero attached hydrogens (tertiary/aromatic N) is 4. The quantitative estimate of drug-likeness (QED) is 0.837. The Morgan fingerprint density at radius 2 is 1.95 bits per heavy atom. The van der Waals surface area contributed by atoms with E-state index >= 15 is 0 Å². The van der Waals surface area contributed by atoms with Gasteiger partial charge in [-0.3, -0.25) is 0 Å². The van der Waals surface area contributed by atoms with Gasteiger partial charge in [0.2, 0.25) is 11.8 Å². The van der Waals surface area contributed by atoms with Crippen LogP contribution in [0.15, 0.2) is 30.7 Å². The summed E-state index contributed by atoms with van der Waals surface area (Å²) in [6, 6.07) is 3.87. The van der Waals surface area contributed by atoms with E-state index < -0.39 is 0 Å². The van der Waals surface area contributed by atoms with Crippen molar-refractivity contribution in [2.45, 2.75) is 13.5 Å². The Morgan fingerprint density at radius 3 is 2.67 bits per heavy atom. The lowest BCUT2D eigenvalue weighted by atomic mass is 10.2.